The number of rotatable bonds is 4. The second kappa shape index (κ2) is 6.70. The van der Waals surface area contributed by atoms with Gasteiger partial charge >= 0.3 is 11.7 Å². The van der Waals surface area contributed by atoms with Crippen molar-refractivity contribution in [1.29, 1.82) is 5.26 Å². The highest BCUT2D eigenvalue weighted by atomic mass is 32.1. The topological polar surface area (TPSA) is 108 Å². The number of hydrogen-bond acceptors (Lipinski definition) is 6. The monoisotopic (exact) mass is 390 g/mol. The number of carbonyl (C=O) groups is 1. The molecule has 28 heavy (non-hydrogen) atoms. The zero-order valence-electron chi connectivity index (χ0n) is 14.3. The molecule has 2 aromatic carbocycles. The lowest BCUT2D eigenvalue weighted by Gasteiger charge is -2.25. The molecule has 0 saturated heterocycles. The SMILES string of the molecule is N#Cc1ccc([N+]2(NC(=O)c3cc4ccccc4s3)C=NC=C2[N+](=O)[O-])cc1. The lowest BCUT2D eigenvalue weighted by molar-refractivity contribution is -0.441. The van der Waals surface area contributed by atoms with E-state index in [2.05, 4.69) is 10.4 Å². The second-order valence-corrected chi connectivity index (χ2v) is 7.06. The molecular weight excluding hydrogens is 378 g/mol. The molecule has 2 heterocycles. The van der Waals surface area contributed by atoms with Crippen molar-refractivity contribution in [3.63, 3.8) is 0 Å². The minimum absolute atomic E-state index is 0.320. The maximum absolute atomic E-state index is 13.0. The van der Waals surface area contributed by atoms with Crippen LogP contribution in [0.25, 0.3) is 10.1 Å². The molecule has 1 N–H and O–H groups in total. The zero-order chi connectivity index (χ0) is 19.7. The lowest BCUT2D eigenvalue weighted by atomic mass is 10.2. The number of carbonyl (C=O) groups excluding carboxylic acids is 1. The molecule has 0 fully saturated rings. The van der Waals surface area contributed by atoms with Crippen molar-refractivity contribution in [2.45, 2.75) is 0 Å². The Kier molecular flexibility index (Phi) is 4.19. The maximum Gasteiger partial charge on any atom is 0.481 e. The van der Waals surface area contributed by atoms with Crippen molar-refractivity contribution in [2.24, 2.45) is 4.99 Å². The first kappa shape index (κ1) is 17.5. The van der Waals surface area contributed by atoms with E-state index >= 15 is 0 Å². The van der Waals surface area contributed by atoms with E-state index in [1.54, 1.807) is 18.2 Å². The molecular formula is C19H12N5O3S+. The van der Waals surface area contributed by atoms with Gasteiger partial charge in [-0.25, -0.2) is 0 Å². The van der Waals surface area contributed by atoms with Crippen LogP contribution in [-0.4, -0.2) is 17.2 Å². The third kappa shape index (κ3) is 2.83. The van der Waals surface area contributed by atoms with E-state index < -0.39 is 15.4 Å². The fourth-order valence-electron chi connectivity index (χ4n) is 2.96. The molecule has 1 amide bonds. The number of nitriles is 1. The lowest BCUT2D eigenvalue weighted by Crippen LogP contribution is -2.60. The van der Waals surface area contributed by atoms with E-state index in [1.165, 1.54) is 29.8 Å². The highest BCUT2D eigenvalue weighted by Gasteiger charge is 2.49. The average Bonchev–Trinajstić information content (AvgIpc) is 3.33. The van der Waals surface area contributed by atoms with Crippen LogP contribution in [0, 0.1) is 21.4 Å². The van der Waals surface area contributed by atoms with Crippen molar-refractivity contribution < 1.29 is 9.72 Å². The summed E-state index contributed by atoms with van der Waals surface area (Å²) in [6.45, 7) is 0. The van der Waals surface area contributed by atoms with Crippen LogP contribution in [-0.2, 0) is 0 Å². The Balaban J connectivity index is 1.76. The molecule has 0 radical (unpaired) electrons. The summed E-state index contributed by atoms with van der Waals surface area (Å²) in [6, 6.07) is 17.5. The van der Waals surface area contributed by atoms with Gasteiger partial charge in [0.25, 0.3) is 0 Å². The van der Waals surface area contributed by atoms with Crippen LogP contribution >= 0.6 is 11.3 Å². The highest BCUT2D eigenvalue weighted by molar-refractivity contribution is 7.20. The summed E-state index contributed by atoms with van der Waals surface area (Å²) in [4.78, 5) is 28.3. The Morgan fingerprint density at radius 1 is 1.21 bits per heavy atom. The first-order chi connectivity index (χ1) is 13.5. The van der Waals surface area contributed by atoms with Gasteiger partial charge in [0.15, 0.2) is 11.9 Å². The standard InChI is InChI=1S/C19H11N5O3S/c20-10-13-5-7-15(8-6-13)24(12-21-11-18(24)23(26)27)22-19(25)17-9-14-3-1-2-4-16(14)28-17/h1-9,11-12H/p+1. The van der Waals surface area contributed by atoms with Gasteiger partial charge in [-0.3, -0.25) is 14.9 Å². The number of quaternary nitrogens is 1. The normalized spacial score (nSPS) is 17.9. The van der Waals surface area contributed by atoms with Crippen LogP contribution in [0.4, 0.5) is 5.69 Å². The van der Waals surface area contributed by atoms with E-state index in [-0.39, 0.29) is 5.82 Å². The molecule has 1 unspecified atom stereocenters. The zero-order valence-corrected chi connectivity index (χ0v) is 15.1. The molecule has 136 valence electrons. The molecule has 1 aliphatic heterocycles. The number of hydrogen-bond donors (Lipinski definition) is 1. The van der Waals surface area contributed by atoms with Gasteiger partial charge in [0.05, 0.1) is 16.5 Å². The van der Waals surface area contributed by atoms with Gasteiger partial charge in [0.1, 0.15) is 4.92 Å². The van der Waals surface area contributed by atoms with Crippen LogP contribution in [0.5, 0.6) is 0 Å². The number of nitrogens with one attached hydrogen (secondary N) is 1. The minimum Gasteiger partial charge on any atom is -0.263 e. The van der Waals surface area contributed by atoms with E-state index in [4.69, 9.17) is 5.26 Å². The average molecular weight is 390 g/mol. The van der Waals surface area contributed by atoms with Gasteiger partial charge in [0, 0.05) is 16.8 Å². The molecule has 0 spiro atoms. The first-order valence-electron chi connectivity index (χ1n) is 8.13. The highest BCUT2D eigenvalue weighted by Crippen LogP contribution is 2.31. The Labute approximate surface area is 163 Å². The summed E-state index contributed by atoms with van der Waals surface area (Å²) in [7, 11) is 0. The Hall–Kier alpha value is -3.87. The number of benzene rings is 2. The van der Waals surface area contributed by atoms with Gasteiger partial charge in [-0.15, -0.1) is 11.3 Å². The molecule has 0 aliphatic carbocycles. The van der Waals surface area contributed by atoms with Crippen LogP contribution < -0.4 is 10.0 Å². The largest absolute Gasteiger partial charge is 0.481 e. The van der Waals surface area contributed by atoms with Gasteiger partial charge in [0.2, 0.25) is 6.34 Å². The Morgan fingerprint density at radius 3 is 2.64 bits per heavy atom. The molecule has 0 saturated carbocycles. The maximum atomic E-state index is 13.0. The van der Waals surface area contributed by atoms with Gasteiger partial charge in [-0.05, 0) is 29.7 Å². The van der Waals surface area contributed by atoms with E-state index in [9.17, 15) is 14.9 Å². The molecule has 4 rings (SSSR count). The summed E-state index contributed by atoms with van der Waals surface area (Å²) in [5, 5.41) is 21.5. The summed E-state index contributed by atoms with van der Waals surface area (Å²) in [6.07, 6.45) is 2.38. The fourth-order valence-corrected chi connectivity index (χ4v) is 3.91. The number of nitro groups is 1. The van der Waals surface area contributed by atoms with Crippen LogP contribution in [0.2, 0.25) is 0 Å². The summed E-state index contributed by atoms with van der Waals surface area (Å²) >= 11 is 1.30. The number of nitrogens with zero attached hydrogens (tertiary/aromatic N) is 4. The van der Waals surface area contributed by atoms with Gasteiger partial charge < -0.3 is 0 Å². The number of fused-ring (bicyclic) bond motifs is 1. The Bertz CT molecular complexity index is 1170. The quantitative estimate of drug-likeness (QED) is 0.417. The van der Waals surface area contributed by atoms with E-state index in [0.717, 1.165) is 16.3 Å². The predicted molar refractivity (Wildman–Crippen MR) is 106 cm³/mol. The van der Waals surface area contributed by atoms with Crippen molar-refractivity contribution >= 4 is 39.4 Å². The molecule has 8 nitrogen and oxygen atoms in total. The Morgan fingerprint density at radius 2 is 1.96 bits per heavy atom. The third-order valence-corrected chi connectivity index (χ3v) is 5.42. The predicted octanol–water partition coefficient (Wildman–Crippen LogP) is 3.54. The summed E-state index contributed by atoms with van der Waals surface area (Å²) in [5.74, 6) is -0.786. The van der Waals surface area contributed by atoms with Gasteiger partial charge in [-0.2, -0.15) is 15.7 Å². The first-order valence-corrected chi connectivity index (χ1v) is 8.95. The van der Waals surface area contributed by atoms with Crippen LogP contribution in [0.15, 0.2) is 71.6 Å². The third-order valence-electron chi connectivity index (χ3n) is 4.31. The minimum atomic E-state index is -0.675. The summed E-state index contributed by atoms with van der Waals surface area (Å²) < 4.78 is 0.268. The molecule has 9 heteroatoms. The van der Waals surface area contributed by atoms with E-state index in [1.807, 2.05) is 30.3 Å². The molecule has 1 aromatic heterocycles. The molecule has 0 bridgehead atoms. The van der Waals surface area contributed by atoms with Crippen molar-refractivity contribution in [2.75, 3.05) is 0 Å². The second-order valence-electron chi connectivity index (χ2n) is 5.98. The number of aliphatic imine (C=N–C) groups is 1. The molecule has 1 aliphatic rings. The van der Waals surface area contributed by atoms with Crippen LogP contribution in [0.1, 0.15) is 15.2 Å². The van der Waals surface area contributed by atoms with Crippen molar-refractivity contribution in [3.8, 4) is 6.07 Å². The van der Waals surface area contributed by atoms with Crippen molar-refractivity contribution in [3.05, 3.63) is 87.2 Å². The number of thiophene rings is 1. The summed E-state index contributed by atoms with van der Waals surface area (Å²) in [5.41, 5.74) is 3.51. The fraction of sp³-hybridized carbons (Fsp3) is 0. The smallest absolute Gasteiger partial charge is 0.263 e. The molecule has 1 atom stereocenters. The van der Waals surface area contributed by atoms with Gasteiger partial charge in [-0.1, -0.05) is 22.8 Å². The van der Waals surface area contributed by atoms with E-state index in [0.29, 0.717) is 16.1 Å². The van der Waals surface area contributed by atoms with Crippen LogP contribution in [0.3, 0.4) is 0 Å². The molecule has 3 aromatic rings. The number of amides is 1. The van der Waals surface area contributed by atoms with Crippen molar-refractivity contribution in [1.82, 2.24) is 10.0 Å².